The normalized spacial score (nSPS) is 14.0. The number of benzene rings is 1. The Kier molecular flexibility index (Phi) is 4.66. The molecule has 23 heavy (non-hydrogen) atoms. The number of nitrogens with zero attached hydrogens (tertiary/aromatic N) is 2. The van der Waals surface area contributed by atoms with Crippen LogP contribution in [0.15, 0.2) is 23.6 Å². The molecule has 1 saturated heterocycles. The first kappa shape index (κ1) is 15.6. The number of aromatic nitrogens is 1. The predicted octanol–water partition coefficient (Wildman–Crippen LogP) is 2.82. The summed E-state index contributed by atoms with van der Waals surface area (Å²) in [5.74, 6) is 1.51. The zero-order valence-electron chi connectivity index (χ0n) is 13.1. The lowest BCUT2D eigenvalue weighted by Crippen LogP contribution is -2.26. The first-order valence-electron chi connectivity index (χ1n) is 7.30. The van der Waals surface area contributed by atoms with E-state index in [1.807, 2.05) is 23.6 Å². The lowest BCUT2D eigenvalue weighted by Gasteiger charge is -2.10. The van der Waals surface area contributed by atoms with Crippen molar-refractivity contribution in [2.45, 2.75) is 6.42 Å². The number of carbonyl (C=O) groups is 1. The van der Waals surface area contributed by atoms with E-state index in [9.17, 15) is 4.79 Å². The molecule has 3 rings (SSSR count). The molecule has 0 bridgehead atoms. The second-order valence-corrected chi connectivity index (χ2v) is 5.99. The van der Waals surface area contributed by atoms with E-state index in [2.05, 4.69) is 4.98 Å². The summed E-state index contributed by atoms with van der Waals surface area (Å²) in [6.45, 7) is 1.75. The number of carbonyl (C=O) groups excluding carboxylic acids is 1. The highest BCUT2D eigenvalue weighted by Crippen LogP contribution is 2.34. The number of thiazole rings is 1. The van der Waals surface area contributed by atoms with Crippen molar-refractivity contribution in [2.75, 3.05) is 33.9 Å². The van der Waals surface area contributed by atoms with Gasteiger partial charge in [0.1, 0.15) is 18.1 Å². The maximum Gasteiger partial charge on any atom is 0.409 e. The van der Waals surface area contributed by atoms with Crippen molar-refractivity contribution < 1.29 is 19.0 Å². The molecule has 1 aliphatic rings. The summed E-state index contributed by atoms with van der Waals surface area (Å²) in [4.78, 5) is 17.8. The Morgan fingerprint density at radius 1 is 1.35 bits per heavy atom. The highest BCUT2D eigenvalue weighted by Gasteiger charge is 2.21. The average molecular weight is 334 g/mol. The number of hydrogen-bond donors (Lipinski definition) is 0. The van der Waals surface area contributed by atoms with Gasteiger partial charge in [-0.15, -0.1) is 11.3 Å². The molecule has 0 spiro atoms. The Bertz CT molecular complexity index is 701. The number of hydrogen-bond acceptors (Lipinski definition) is 6. The molecule has 1 aliphatic heterocycles. The number of amides is 1. The molecule has 2 heterocycles. The van der Waals surface area contributed by atoms with E-state index >= 15 is 0 Å². The van der Waals surface area contributed by atoms with Crippen molar-refractivity contribution in [3.63, 3.8) is 0 Å². The fourth-order valence-corrected chi connectivity index (χ4v) is 3.21. The van der Waals surface area contributed by atoms with Crippen molar-refractivity contribution in [1.82, 2.24) is 9.88 Å². The van der Waals surface area contributed by atoms with Crippen molar-refractivity contribution in [1.29, 1.82) is 0 Å². The van der Waals surface area contributed by atoms with Gasteiger partial charge in [-0.25, -0.2) is 9.78 Å². The molecule has 0 saturated carbocycles. The highest BCUT2D eigenvalue weighted by molar-refractivity contribution is 7.09. The third-order valence-electron chi connectivity index (χ3n) is 3.67. The molecule has 1 aromatic carbocycles. The van der Waals surface area contributed by atoms with Crippen LogP contribution in [0.1, 0.15) is 5.01 Å². The predicted molar refractivity (Wildman–Crippen MR) is 87.3 cm³/mol. The third kappa shape index (κ3) is 3.39. The smallest absolute Gasteiger partial charge is 0.409 e. The van der Waals surface area contributed by atoms with Crippen LogP contribution in [0.5, 0.6) is 11.5 Å². The number of cyclic esters (lactones) is 1. The van der Waals surface area contributed by atoms with Crippen LogP contribution in [0.4, 0.5) is 4.79 Å². The van der Waals surface area contributed by atoms with Crippen LogP contribution in [0.25, 0.3) is 11.3 Å². The monoisotopic (exact) mass is 334 g/mol. The molecule has 0 N–H and O–H groups in total. The van der Waals surface area contributed by atoms with E-state index in [1.165, 1.54) is 0 Å². The minimum atomic E-state index is -0.240. The van der Waals surface area contributed by atoms with Crippen molar-refractivity contribution in [2.24, 2.45) is 0 Å². The van der Waals surface area contributed by atoms with Gasteiger partial charge in [0.25, 0.3) is 0 Å². The summed E-state index contributed by atoms with van der Waals surface area (Å²) in [6, 6.07) is 5.64. The Morgan fingerprint density at radius 3 is 2.91 bits per heavy atom. The maximum atomic E-state index is 11.4. The van der Waals surface area contributed by atoms with Gasteiger partial charge in [-0.3, -0.25) is 0 Å². The zero-order chi connectivity index (χ0) is 16.2. The molecule has 0 aliphatic carbocycles. The Balaban J connectivity index is 1.75. The molecule has 0 unspecified atom stereocenters. The molecule has 1 aromatic heterocycles. The zero-order valence-corrected chi connectivity index (χ0v) is 13.9. The Morgan fingerprint density at radius 2 is 2.22 bits per heavy atom. The first-order valence-corrected chi connectivity index (χ1v) is 8.17. The van der Waals surface area contributed by atoms with Gasteiger partial charge in [0.15, 0.2) is 0 Å². The van der Waals surface area contributed by atoms with Gasteiger partial charge in [-0.2, -0.15) is 0 Å². The van der Waals surface area contributed by atoms with E-state index in [0.29, 0.717) is 26.1 Å². The molecule has 7 heteroatoms. The van der Waals surface area contributed by atoms with E-state index in [4.69, 9.17) is 14.2 Å². The molecular weight excluding hydrogens is 316 g/mol. The standard InChI is InChI=1S/C16H18N2O4S/c1-20-11-3-4-14(21-2)12(9-11)13-10-23-15(17-13)5-6-18-7-8-22-16(18)19/h3-4,9-10H,5-8H2,1-2H3. The largest absolute Gasteiger partial charge is 0.497 e. The van der Waals surface area contributed by atoms with E-state index in [1.54, 1.807) is 30.5 Å². The quantitative estimate of drug-likeness (QED) is 0.813. The molecule has 1 amide bonds. The van der Waals surface area contributed by atoms with Crippen LogP contribution >= 0.6 is 11.3 Å². The van der Waals surface area contributed by atoms with Crippen LogP contribution in [0.2, 0.25) is 0 Å². The van der Waals surface area contributed by atoms with E-state index in [-0.39, 0.29) is 6.09 Å². The lowest BCUT2D eigenvalue weighted by molar-refractivity contribution is 0.159. The van der Waals surface area contributed by atoms with Crippen molar-refractivity contribution >= 4 is 17.4 Å². The van der Waals surface area contributed by atoms with Gasteiger partial charge in [0.05, 0.1) is 31.5 Å². The summed E-state index contributed by atoms with van der Waals surface area (Å²) in [5.41, 5.74) is 1.75. The van der Waals surface area contributed by atoms with Gasteiger partial charge in [0, 0.05) is 23.9 Å². The fraction of sp³-hybridized carbons (Fsp3) is 0.375. The van der Waals surface area contributed by atoms with Gasteiger partial charge in [0.2, 0.25) is 0 Å². The van der Waals surface area contributed by atoms with Crippen LogP contribution in [0, 0.1) is 0 Å². The molecular formula is C16H18N2O4S. The van der Waals surface area contributed by atoms with Crippen LogP contribution in [0.3, 0.4) is 0 Å². The number of ether oxygens (including phenoxy) is 3. The van der Waals surface area contributed by atoms with E-state index in [0.717, 1.165) is 27.8 Å². The number of methoxy groups -OCH3 is 2. The van der Waals surface area contributed by atoms with Crippen molar-refractivity contribution in [3.8, 4) is 22.8 Å². The van der Waals surface area contributed by atoms with Gasteiger partial charge >= 0.3 is 6.09 Å². The van der Waals surface area contributed by atoms with E-state index < -0.39 is 0 Å². The lowest BCUT2D eigenvalue weighted by atomic mass is 10.1. The maximum absolute atomic E-state index is 11.4. The summed E-state index contributed by atoms with van der Waals surface area (Å²) >= 11 is 1.58. The first-order chi connectivity index (χ1) is 11.2. The van der Waals surface area contributed by atoms with Crippen LogP contribution in [-0.2, 0) is 11.2 Å². The second kappa shape index (κ2) is 6.87. The summed E-state index contributed by atoms with van der Waals surface area (Å²) in [6.07, 6.45) is 0.475. The minimum absolute atomic E-state index is 0.240. The third-order valence-corrected chi connectivity index (χ3v) is 4.58. The van der Waals surface area contributed by atoms with Crippen LogP contribution < -0.4 is 9.47 Å². The minimum Gasteiger partial charge on any atom is -0.497 e. The molecule has 0 radical (unpaired) electrons. The fourth-order valence-electron chi connectivity index (χ4n) is 2.42. The average Bonchev–Trinajstić information content (AvgIpc) is 3.21. The Labute approximate surface area is 138 Å². The molecule has 122 valence electrons. The van der Waals surface area contributed by atoms with Gasteiger partial charge < -0.3 is 19.1 Å². The summed E-state index contributed by atoms with van der Waals surface area (Å²) in [5, 5.41) is 2.97. The molecule has 0 atom stereocenters. The van der Waals surface area contributed by atoms with Crippen molar-refractivity contribution in [3.05, 3.63) is 28.6 Å². The summed E-state index contributed by atoms with van der Waals surface area (Å²) in [7, 11) is 3.27. The molecule has 1 fully saturated rings. The summed E-state index contributed by atoms with van der Waals surface area (Å²) < 4.78 is 15.6. The Hall–Kier alpha value is -2.28. The van der Waals surface area contributed by atoms with Gasteiger partial charge in [-0.1, -0.05) is 0 Å². The van der Waals surface area contributed by atoms with Crippen LogP contribution in [-0.4, -0.2) is 49.9 Å². The topological polar surface area (TPSA) is 60.9 Å². The molecule has 6 nitrogen and oxygen atoms in total. The second-order valence-electron chi connectivity index (χ2n) is 5.04. The van der Waals surface area contributed by atoms with Gasteiger partial charge in [-0.05, 0) is 18.2 Å². The molecule has 2 aromatic rings. The SMILES string of the molecule is COc1ccc(OC)c(-c2csc(CCN3CCOC3=O)n2)c1. The number of rotatable bonds is 6. The highest BCUT2D eigenvalue weighted by atomic mass is 32.1.